The van der Waals surface area contributed by atoms with Crippen LogP contribution in [0.4, 0.5) is 4.79 Å². The Balaban J connectivity index is 2.49. The third-order valence-corrected chi connectivity index (χ3v) is 6.52. The quantitative estimate of drug-likeness (QED) is 0.461. The van der Waals surface area contributed by atoms with E-state index < -0.39 is 29.3 Å². The molecule has 2 aromatic carbocycles. The first-order valence-corrected chi connectivity index (χ1v) is 12.9. The highest BCUT2D eigenvalue weighted by Gasteiger charge is 2.42. The number of aryl methyl sites for hydroxylation is 2. The third kappa shape index (κ3) is 8.34. The van der Waals surface area contributed by atoms with Gasteiger partial charge in [-0.2, -0.15) is 0 Å². The number of nitrogens with one attached hydrogen (secondary N) is 2. The number of benzene rings is 2. The van der Waals surface area contributed by atoms with E-state index in [1.165, 1.54) is 0 Å². The lowest BCUT2D eigenvalue weighted by Crippen LogP contribution is -2.58. The second-order valence-electron chi connectivity index (χ2n) is 11.2. The van der Waals surface area contributed by atoms with Gasteiger partial charge >= 0.3 is 6.09 Å². The summed E-state index contributed by atoms with van der Waals surface area (Å²) in [5.41, 5.74) is 2.42. The molecule has 0 aliphatic heterocycles. The van der Waals surface area contributed by atoms with Gasteiger partial charge in [-0.15, -0.1) is 0 Å². The summed E-state index contributed by atoms with van der Waals surface area (Å²) < 4.78 is 5.36. The van der Waals surface area contributed by atoms with Gasteiger partial charge in [-0.25, -0.2) is 4.79 Å². The molecule has 2 N–H and O–H groups in total. The summed E-state index contributed by atoms with van der Waals surface area (Å²) in [5, 5.41) is 5.68. The number of rotatable bonds is 9. The number of amides is 3. The monoisotopic (exact) mass is 509 g/mol. The van der Waals surface area contributed by atoms with Crippen LogP contribution in [0, 0.1) is 13.8 Å². The fraction of sp³-hybridized carbons (Fsp3) is 0.500. The topological polar surface area (TPSA) is 87.7 Å². The summed E-state index contributed by atoms with van der Waals surface area (Å²) in [6, 6.07) is 13.7. The second kappa shape index (κ2) is 12.3. The summed E-state index contributed by atoms with van der Waals surface area (Å²) >= 11 is 0. The highest BCUT2D eigenvalue weighted by Crippen LogP contribution is 2.33. The molecule has 202 valence electrons. The summed E-state index contributed by atoms with van der Waals surface area (Å²) in [7, 11) is 0. The van der Waals surface area contributed by atoms with Crippen molar-refractivity contribution >= 4 is 17.9 Å². The van der Waals surface area contributed by atoms with Gasteiger partial charge in [-0.05, 0) is 84.1 Å². The molecule has 0 saturated heterocycles. The molecule has 0 aliphatic carbocycles. The number of hydrogen-bond acceptors (Lipinski definition) is 4. The van der Waals surface area contributed by atoms with Crippen molar-refractivity contribution in [3.05, 3.63) is 70.8 Å². The van der Waals surface area contributed by atoms with Gasteiger partial charge in [0, 0.05) is 12.1 Å². The van der Waals surface area contributed by atoms with Gasteiger partial charge in [0.15, 0.2) is 0 Å². The highest BCUT2D eigenvalue weighted by atomic mass is 16.6. The molecule has 7 nitrogen and oxygen atoms in total. The minimum absolute atomic E-state index is 0.286. The first-order chi connectivity index (χ1) is 17.2. The van der Waals surface area contributed by atoms with Crippen LogP contribution in [-0.4, -0.2) is 40.0 Å². The Hall–Kier alpha value is -3.35. The first kappa shape index (κ1) is 29.9. The van der Waals surface area contributed by atoms with Crippen LogP contribution < -0.4 is 10.6 Å². The van der Waals surface area contributed by atoms with E-state index in [1.807, 2.05) is 83.1 Å². The normalized spacial score (nSPS) is 13.3. The lowest BCUT2D eigenvalue weighted by molar-refractivity contribution is -0.149. The summed E-state index contributed by atoms with van der Waals surface area (Å²) in [6.07, 6.45) is -0.0792. The molecule has 0 spiro atoms. The number of hydrogen-bond donors (Lipinski definition) is 2. The van der Waals surface area contributed by atoms with Crippen molar-refractivity contribution in [1.82, 2.24) is 15.5 Å². The van der Waals surface area contributed by atoms with Crippen molar-refractivity contribution in [3.63, 3.8) is 0 Å². The molecule has 3 amide bonds. The fourth-order valence-corrected chi connectivity index (χ4v) is 3.93. The molecule has 0 radical (unpaired) electrons. The van der Waals surface area contributed by atoms with Crippen LogP contribution >= 0.6 is 0 Å². The molecule has 0 aliphatic rings. The number of alkyl carbamates (subject to hydrolysis) is 1. The van der Waals surface area contributed by atoms with Crippen molar-refractivity contribution in [1.29, 1.82) is 0 Å². The van der Waals surface area contributed by atoms with Crippen molar-refractivity contribution in [2.45, 2.75) is 98.5 Å². The van der Waals surface area contributed by atoms with Crippen molar-refractivity contribution in [2.24, 2.45) is 0 Å². The number of ether oxygens (including phenoxy) is 1. The first-order valence-electron chi connectivity index (χ1n) is 12.9. The van der Waals surface area contributed by atoms with Gasteiger partial charge in [-0.3, -0.25) is 9.59 Å². The van der Waals surface area contributed by atoms with Crippen LogP contribution in [0.1, 0.15) is 83.2 Å². The van der Waals surface area contributed by atoms with E-state index in [2.05, 4.69) is 10.6 Å². The average molecular weight is 510 g/mol. The van der Waals surface area contributed by atoms with Crippen LogP contribution in [0.2, 0.25) is 0 Å². The molecular formula is C30H43N3O4. The van der Waals surface area contributed by atoms with Crippen molar-refractivity contribution in [2.75, 3.05) is 0 Å². The smallest absolute Gasteiger partial charge is 0.408 e. The van der Waals surface area contributed by atoms with E-state index >= 15 is 0 Å². The van der Waals surface area contributed by atoms with E-state index in [-0.39, 0.29) is 11.8 Å². The molecule has 37 heavy (non-hydrogen) atoms. The summed E-state index contributed by atoms with van der Waals surface area (Å²) in [5.74, 6) is -0.651. The fourth-order valence-electron chi connectivity index (χ4n) is 3.93. The van der Waals surface area contributed by atoms with E-state index in [4.69, 9.17) is 4.74 Å². The molecule has 7 heteroatoms. The lowest BCUT2D eigenvalue weighted by atomic mass is 9.91. The summed E-state index contributed by atoms with van der Waals surface area (Å²) in [6.45, 7) is 17.1. The van der Waals surface area contributed by atoms with Gasteiger partial charge < -0.3 is 20.3 Å². The predicted octanol–water partition coefficient (Wildman–Crippen LogP) is 5.59. The number of carbonyl (C=O) groups excluding carboxylic acids is 3. The molecule has 0 fully saturated rings. The van der Waals surface area contributed by atoms with Gasteiger partial charge in [0.25, 0.3) is 0 Å². The van der Waals surface area contributed by atoms with E-state index in [0.29, 0.717) is 18.5 Å². The SMILES string of the molecule is CCC(C)(C)N(C(=O)C(C)NC(=O)OC(C)(C)C)C(C(=O)NCc1ccccc1)c1ccc(C)c(C)c1. The minimum atomic E-state index is -0.906. The van der Waals surface area contributed by atoms with Crippen LogP contribution in [0.3, 0.4) is 0 Å². The third-order valence-electron chi connectivity index (χ3n) is 6.52. The molecule has 0 saturated carbocycles. The molecule has 2 unspecified atom stereocenters. The Morgan fingerprint density at radius 3 is 2.11 bits per heavy atom. The zero-order valence-electron chi connectivity index (χ0n) is 23.8. The minimum Gasteiger partial charge on any atom is -0.444 e. The maximum absolute atomic E-state index is 14.0. The Labute approximate surface area is 222 Å². The maximum Gasteiger partial charge on any atom is 0.408 e. The van der Waals surface area contributed by atoms with Gasteiger partial charge in [-0.1, -0.05) is 55.5 Å². The maximum atomic E-state index is 14.0. The summed E-state index contributed by atoms with van der Waals surface area (Å²) in [4.78, 5) is 41.9. The Morgan fingerprint density at radius 1 is 0.946 bits per heavy atom. The molecule has 0 bridgehead atoms. The standard InChI is InChI=1S/C30H43N3O4/c1-10-30(8,9)33(27(35)22(4)32-28(36)37-29(5,6)7)25(24-17-16-20(2)21(3)18-24)26(34)31-19-23-14-12-11-13-15-23/h11-18,22,25H,10,19H2,1-9H3,(H,31,34)(H,32,36). The van der Waals surface area contributed by atoms with Gasteiger partial charge in [0.2, 0.25) is 11.8 Å². The van der Waals surface area contributed by atoms with Crippen LogP contribution in [-0.2, 0) is 20.9 Å². The Morgan fingerprint density at radius 2 is 1.57 bits per heavy atom. The van der Waals surface area contributed by atoms with E-state index in [9.17, 15) is 14.4 Å². The predicted molar refractivity (Wildman–Crippen MR) is 147 cm³/mol. The lowest BCUT2D eigenvalue weighted by Gasteiger charge is -2.44. The highest BCUT2D eigenvalue weighted by molar-refractivity contribution is 5.92. The molecule has 2 rings (SSSR count). The largest absolute Gasteiger partial charge is 0.444 e. The average Bonchev–Trinajstić information content (AvgIpc) is 2.81. The van der Waals surface area contributed by atoms with Crippen molar-refractivity contribution in [3.8, 4) is 0 Å². The molecular weight excluding hydrogens is 466 g/mol. The number of nitrogens with zero attached hydrogens (tertiary/aromatic N) is 1. The van der Waals surface area contributed by atoms with Crippen LogP contribution in [0.25, 0.3) is 0 Å². The van der Waals surface area contributed by atoms with Crippen LogP contribution in [0.5, 0.6) is 0 Å². The van der Waals surface area contributed by atoms with E-state index in [1.54, 1.807) is 32.6 Å². The molecule has 0 aromatic heterocycles. The van der Waals surface area contributed by atoms with Crippen LogP contribution in [0.15, 0.2) is 48.5 Å². The van der Waals surface area contributed by atoms with Gasteiger partial charge in [0.1, 0.15) is 17.7 Å². The van der Waals surface area contributed by atoms with E-state index in [0.717, 1.165) is 16.7 Å². The Kier molecular flexibility index (Phi) is 9.90. The second-order valence-corrected chi connectivity index (χ2v) is 11.2. The molecule has 2 atom stereocenters. The molecule has 2 aromatic rings. The zero-order valence-corrected chi connectivity index (χ0v) is 23.8. The van der Waals surface area contributed by atoms with Crippen molar-refractivity contribution < 1.29 is 19.1 Å². The van der Waals surface area contributed by atoms with Gasteiger partial charge in [0.05, 0.1) is 0 Å². The molecule has 0 heterocycles. The Bertz CT molecular complexity index is 1090. The number of carbonyl (C=O) groups is 3. The zero-order chi connectivity index (χ0) is 28.0.